The number of hydrogen-bond donors (Lipinski definition) is 2. The van der Waals surface area contributed by atoms with Crippen molar-refractivity contribution in [2.45, 2.75) is 39.2 Å². The number of amides is 1. The van der Waals surface area contributed by atoms with E-state index in [2.05, 4.69) is 5.32 Å². The fourth-order valence-corrected chi connectivity index (χ4v) is 1.74. The quantitative estimate of drug-likeness (QED) is 0.843. The van der Waals surface area contributed by atoms with E-state index in [-0.39, 0.29) is 5.91 Å². The zero-order valence-corrected chi connectivity index (χ0v) is 11.5. The molecule has 0 unspecified atom stereocenters. The lowest BCUT2D eigenvalue weighted by molar-refractivity contribution is -0.121. The number of carbonyl (C=O) groups excluding carboxylic acids is 1. The number of nitrogens with two attached hydrogens (primary N) is 1. The lowest BCUT2D eigenvalue weighted by Gasteiger charge is -2.25. The third-order valence-corrected chi connectivity index (χ3v) is 3.32. The van der Waals surface area contributed by atoms with Crippen molar-refractivity contribution in [3.05, 3.63) is 23.8 Å². The van der Waals surface area contributed by atoms with Gasteiger partial charge >= 0.3 is 0 Å². The van der Waals surface area contributed by atoms with Gasteiger partial charge in [-0.15, -0.1) is 0 Å². The van der Waals surface area contributed by atoms with Crippen molar-refractivity contribution >= 4 is 11.6 Å². The molecule has 0 aromatic heterocycles. The van der Waals surface area contributed by atoms with E-state index >= 15 is 0 Å². The lowest BCUT2D eigenvalue weighted by Crippen LogP contribution is -2.50. The number of hydrogen-bond acceptors (Lipinski definition) is 3. The Morgan fingerprint density at radius 3 is 2.50 bits per heavy atom. The van der Waals surface area contributed by atoms with Gasteiger partial charge in [-0.25, -0.2) is 0 Å². The Balaban J connectivity index is 2.97. The molecule has 1 rings (SSSR count). The van der Waals surface area contributed by atoms with Crippen molar-refractivity contribution in [1.82, 2.24) is 0 Å². The van der Waals surface area contributed by atoms with Gasteiger partial charge in [-0.3, -0.25) is 4.79 Å². The maximum absolute atomic E-state index is 12.2. The van der Waals surface area contributed by atoms with Gasteiger partial charge in [0.15, 0.2) is 0 Å². The van der Waals surface area contributed by atoms with Crippen LogP contribution in [0.2, 0.25) is 0 Å². The summed E-state index contributed by atoms with van der Waals surface area (Å²) in [6.07, 6.45) is 1.20. The molecule has 0 aliphatic heterocycles. The number of carbonyl (C=O) groups is 1. The summed E-state index contributed by atoms with van der Waals surface area (Å²) in [7, 11) is 1.58. The van der Waals surface area contributed by atoms with Crippen LogP contribution in [0.3, 0.4) is 0 Å². The van der Waals surface area contributed by atoms with Gasteiger partial charge in [-0.1, -0.05) is 19.9 Å². The molecule has 0 radical (unpaired) electrons. The van der Waals surface area contributed by atoms with Crippen LogP contribution in [0.15, 0.2) is 18.2 Å². The molecule has 0 atom stereocenters. The van der Waals surface area contributed by atoms with Crippen molar-refractivity contribution in [3.63, 3.8) is 0 Å². The van der Waals surface area contributed by atoms with E-state index in [4.69, 9.17) is 10.5 Å². The molecule has 0 bridgehead atoms. The molecule has 4 heteroatoms. The van der Waals surface area contributed by atoms with E-state index < -0.39 is 5.54 Å². The minimum absolute atomic E-state index is 0.170. The summed E-state index contributed by atoms with van der Waals surface area (Å²) in [4.78, 5) is 12.2. The summed E-state index contributed by atoms with van der Waals surface area (Å²) in [6.45, 7) is 5.79. The average molecular weight is 250 g/mol. The standard InChI is InChI=1S/C14H22N2O2/c1-5-14(15,6-2)13(17)16-11-9-10(3)7-8-12(11)18-4/h7-9H,5-6,15H2,1-4H3,(H,16,17). The Kier molecular flexibility index (Phi) is 4.73. The molecule has 0 saturated carbocycles. The van der Waals surface area contributed by atoms with Crippen molar-refractivity contribution in [2.24, 2.45) is 5.73 Å². The molecule has 3 N–H and O–H groups in total. The average Bonchev–Trinajstić information content (AvgIpc) is 2.38. The van der Waals surface area contributed by atoms with E-state index in [1.165, 1.54) is 0 Å². The number of methoxy groups -OCH3 is 1. The monoisotopic (exact) mass is 250 g/mol. The van der Waals surface area contributed by atoms with Gasteiger partial charge in [-0.05, 0) is 37.5 Å². The first kappa shape index (κ1) is 14.5. The van der Waals surface area contributed by atoms with E-state index in [9.17, 15) is 4.79 Å². The third-order valence-electron chi connectivity index (χ3n) is 3.32. The Hall–Kier alpha value is -1.55. The molecule has 1 aromatic carbocycles. The second kappa shape index (κ2) is 5.87. The fraction of sp³-hybridized carbons (Fsp3) is 0.500. The summed E-state index contributed by atoms with van der Waals surface area (Å²) >= 11 is 0. The maximum Gasteiger partial charge on any atom is 0.244 e. The highest BCUT2D eigenvalue weighted by Crippen LogP contribution is 2.26. The van der Waals surface area contributed by atoms with Crippen LogP contribution in [-0.2, 0) is 4.79 Å². The minimum atomic E-state index is -0.825. The second-order valence-corrected chi connectivity index (χ2v) is 4.52. The van der Waals surface area contributed by atoms with E-state index in [0.717, 1.165) is 5.56 Å². The first-order valence-corrected chi connectivity index (χ1v) is 6.21. The van der Waals surface area contributed by atoms with Crippen LogP contribution in [0.1, 0.15) is 32.3 Å². The van der Waals surface area contributed by atoms with Crippen LogP contribution >= 0.6 is 0 Å². The van der Waals surface area contributed by atoms with Gasteiger partial charge in [-0.2, -0.15) is 0 Å². The smallest absolute Gasteiger partial charge is 0.244 e. The van der Waals surface area contributed by atoms with Gasteiger partial charge in [0, 0.05) is 0 Å². The van der Waals surface area contributed by atoms with E-state index in [0.29, 0.717) is 24.3 Å². The first-order valence-electron chi connectivity index (χ1n) is 6.21. The van der Waals surface area contributed by atoms with Gasteiger partial charge < -0.3 is 15.8 Å². The van der Waals surface area contributed by atoms with Crippen molar-refractivity contribution in [1.29, 1.82) is 0 Å². The largest absolute Gasteiger partial charge is 0.495 e. The molecule has 0 aliphatic carbocycles. The van der Waals surface area contributed by atoms with Gasteiger partial charge in [0.25, 0.3) is 0 Å². The van der Waals surface area contributed by atoms with Crippen LogP contribution in [0.5, 0.6) is 5.75 Å². The van der Waals surface area contributed by atoms with Crippen LogP contribution in [-0.4, -0.2) is 18.6 Å². The first-order chi connectivity index (χ1) is 8.46. The zero-order chi connectivity index (χ0) is 13.8. The topological polar surface area (TPSA) is 64.4 Å². The van der Waals surface area contributed by atoms with Crippen molar-refractivity contribution < 1.29 is 9.53 Å². The van der Waals surface area contributed by atoms with Crippen molar-refractivity contribution in [2.75, 3.05) is 12.4 Å². The Morgan fingerprint density at radius 2 is 2.00 bits per heavy atom. The summed E-state index contributed by atoms with van der Waals surface area (Å²) in [6, 6.07) is 5.65. The van der Waals surface area contributed by atoms with Crippen LogP contribution < -0.4 is 15.8 Å². The summed E-state index contributed by atoms with van der Waals surface area (Å²) in [5, 5.41) is 2.86. The number of anilines is 1. The number of rotatable bonds is 5. The summed E-state index contributed by atoms with van der Waals surface area (Å²) in [5.74, 6) is 0.472. The molecule has 0 heterocycles. The minimum Gasteiger partial charge on any atom is -0.495 e. The number of aryl methyl sites for hydroxylation is 1. The molecule has 0 fully saturated rings. The van der Waals surface area contributed by atoms with Crippen LogP contribution in [0.25, 0.3) is 0 Å². The molecule has 1 amide bonds. The van der Waals surface area contributed by atoms with Crippen LogP contribution in [0.4, 0.5) is 5.69 Å². The Morgan fingerprint density at radius 1 is 1.39 bits per heavy atom. The maximum atomic E-state index is 12.2. The molecular formula is C14H22N2O2. The lowest BCUT2D eigenvalue weighted by atomic mass is 9.93. The molecule has 18 heavy (non-hydrogen) atoms. The van der Waals surface area contributed by atoms with Gasteiger partial charge in [0.2, 0.25) is 5.91 Å². The highest BCUT2D eigenvalue weighted by atomic mass is 16.5. The molecule has 1 aromatic rings. The second-order valence-electron chi connectivity index (χ2n) is 4.52. The number of benzene rings is 1. The highest BCUT2D eigenvalue weighted by Gasteiger charge is 2.30. The van der Waals surface area contributed by atoms with Crippen LogP contribution in [0, 0.1) is 6.92 Å². The number of ether oxygens (including phenoxy) is 1. The predicted molar refractivity (Wildman–Crippen MR) is 73.9 cm³/mol. The van der Waals surface area contributed by atoms with Gasteiger partial charge in [0.05, 0.1) is 18.3 Å². The van der Waals surface area contributed by atoms with E-state index in [1.54, 1.807) is 7.11 Å². The Bertz CT molecular complexity index is 426. The van der Waals surface area contributed by atoms with Gasteiger partial charge in [0.1, 0.15) is 5.75 Å². The van der Waals surface area contributed by atoms with E-state index in [1.807, 2.05) is 39.0 Å². The molecular weight excluding hydrogens is 228 g/mol. The fourth-order valence-electron chi connectivity index (χ4n) is 1.74. The summed E-state index contributed by atoms with van der Waals surface area (Å²) < 4.78 is 5.23. The Labute approximate surface area is 109 Å². The molecule has 0 spiro atoms. The highest BCUT2D eigenvalue weighted by molar-refractivity contribution is 5.99. The van der Waals surface area contributed by atoms with Crippen molar-refractivity contribution in [3.8, 4) is 5.75 Å². The number of nitrogens with one attached hydrogen (secondary N) is 1. The molecule has 0 aliphatic rings. The SMILES string of the molecule is CCC(N)(CC)C(=O)Nc1cc(C)ccc1OC. The third kappa shape index (κ3) is 3.01. The molecule has 100 valence electrons. The normalized spacial score (nSPS) is 11.2. The predicted octanol–water partition coefficient (Wildman–Crippen LogP) is 2.46. The zero-order valence-electron chi connectivity index (χ0n) is 11.5. The molecule has 4 nitrogen and oxygen atoms in total. The summed E-state index contributed by atoms with van der Waals surface area (Å²) in [5.41, 5.74) is 6.96. The molecule has 0 saturated heterocycles.